The Labute approximate surface area is 105 Å². The van der Waals surface area contributed by atoms with E-state index in [1.165, 1.54) is 45.1 Å². The quantitative estimate of drug-likeness (QED) is 0.712. The van der Waals surface area contributed by atoms with Gasteiger partial charge in [0.25, 0.3) is 0 Å². The van der Waals surface area contributed by atoms with E-state index in [1.807, 2.05) is 0 Å². The van der Waals surface area contributed by atoms with Crippen LogP contribution in [0.4, 0.5) is 0 Å². The lowest BCUT2D eigenvalue weighted by Gasteiger charge is -2.38. The average molecular weight is 238 g/mol. The molecule has 2 atom stereocenters. The molecule has 2 heterocycles. The SMILES string of the molecule is CNC1CC2CCC(C1)N2CCOCC1CC1. The zero-order valence-electron chi connectivity index (χ0n) is 11.0. The second-order valence-corrected chi connectivity index (χ2v) is 6.10. The number of nitrogens with one attached hydrogen (secondary N) is 1. The molecule has 0 aromatic heterocycles. The first-order chi connectivity index (χ1) is 8.36. The van der Waals surface area contributed by atoms with Crippen molar-refractivity contribution >= 4 is 0 Å². The van der Waals surface area contributed by atoms with Crippen LogP contribution >= 0.6 is 0 Å². The van der Waals surface area contributed by atoms with Gasteiger partial charge in [0.1, 0.15) is 0 Å². The van der Waals surface area contributed by atoms with Crippen molar-refractivity contribution in [2.75, 3.05) is 26.8 Å². The molecule has 0 aromatic carbocycles. The van der Waals surface area contributed by atoms with Crippen molar-refractivity contribution in [1.82, 2.24) is 10.2 Å². The number of hydrogen-bond donors (Lipinski definition) is 1. The molecule has 3 rings (SSSR count). The summed E-state index contributed by atoms with van der Waals surface area (Å²) < 4.78 is 5.78. The van der Waals surface area contributed by atoms with E-state index in [4.69, 9.17) is 4.74 Å². The molecule has 0 aromatic rings. The predicted octanol–water partition coefficient (Wildman–Crippen LogP) is 1.63. The molecule has 3 fully saturated rings. The predicted molar refractivity (Wildman–Crippen MR) is 69.1 cm³/mol. The first-order valence-electron chi connectivity index (χ1n) is 7.37. The third kappa shape index (κ3) is 2.83. The van der Waals surface area contributed by atoms with Gasteiger partial charge in [0.05, 0.1) is 6.61 Å². The fourth-order valence-corrected chi connectivity index (χ4v) is 3.58. The Balaban J connectivity index is 1.41. The average Bonchev–Trinajstić information content (AvgIpc) is 3.13. The fraction of sp³-hybridized carbons (Fsp3) is 1.00. The van der Waals surface area contributed by atoms with Gasteiger partial charge in [0.15, 0.2) is 0 Å². The molecule has 3 heteroatoms. The van der Waals surface area contributed by atoms with Crippen molar-refractivity contribution in [3.05, 3.63) is 0 Å². The number of hydrogen-bond acceptors (Lipinski definition) is 3. The largest absolute Gasteiger partial charge is 0.380 e. The molecule has 3 nitrogen and oxygen atoms in total. The fourth-order valence-electron chi connectivity index (χ4n) is 3.58. The molecule has 1 N–H and O–H groups in total. The molecular formula is C14H26N2O. The van der Waals surface area contributed by atoms with Gasteiger partial charge in [0.2, 0.25) is 0 Å². The number of nitrogens with zero attached hydrogens (tertiary/aromatic N) is 1. The molecule has 2 aliphatic heterocycles. The van der Waals surface area contributed by atoms with Crippen molar-refractivity contribution in [1.29, 1.82) is 0 Å². The minimum absolute atomic E-state index is 0.760. The highest BCUT2D eigenvalue weighted by Crippen LogP contribution is 2.35. The van der Waals surface area contributed by atoms with Gasteiger partial charge in [-0.2, -0.15) is 0 Å². The Morgan fingerprint density at radius 1 is 1.12 bits per heavy atom. The Bertz CT molecular complexity index is 241. The summed E-state index contributed by atoms with van der Waals surface area (Å²) >= 11 is 0. The van der Waals surface area contributed by atoms with Crippen LogP contribution in [0.15, 0.2) is 0 Å². The lowest BCUT2D eigenvalue weighted by molar-refractivity contribution is 0.0560. The summed E-state index contributed by atoms with van der Waals surface area (Å²) in [7, 11) is 2.11. The minimum Gasteiger partial charge on any atom is -0.380 e. The standard InChI is InChI=1S/C14H26N2O/c1-15-12-8-13-4-5-14(9-12)16(13)6-7-17-10-11-2-3-11/h11-15H,2-10H2,1H3. The van der Waals surface area contributed by atoms with E-state index < -0.39 is 0 Å². The summed E-state index contributed by atoms with van der Waals surface area (Å²) in [5, 5.41) is 3.46. The van der Waals surface area contributed by atoms with Crippen molar-refractivity contribution in [3.63, 3.8) is 0 Å². The van der Waals surface area contributed by atoms with Crippen LogP contribution in [0.1, 0.15) is 38.5 Å². The molecule has 0 amide bonds. The molecule has 17 heavy (non-hydrogen) atoms. The Kier molecular flexibility index (Phi) is 3.69. The van der Waals surface area contributed by atoms with E-state index in [2.05, 4.69) is 17.3 Å². The molecule has 2 saturated heterocycles. The van der Waals surface area contributed by atoms with Gasteiger partial charge in [-0.3, -0.25) is 4.90 Å². The van der Waals surface area contributed by atoms with Crippen LogP contribution in [0.25, 0.3) is 0 Å². The molecule has 0 spiro atoms. The Morgan fingerprint density at radius 3 is 2.41 bits per heavy atom. The topological polar surface area (TPSA) is 24.5 Å². The molecule has 0 radical (unpaired) electrons. The third-order valence-electron chi connectivity index (χ3n) is 4.84. The summed E-state index contributed by atoms with van der Waals surface area (Å²) in [6, 6.07) is 2.42. The van der Waals surface area contributed by atoms with Gasteiger partial charge in [-0.1, -0.05) is 0 Å². The van der Waals surface area contributed by atoms with E-state index in [1.54, 1.807) is 0 Å². The molecular weight excluding hydrogens is 212 g/mol. The molecule has 1 aliphatic carbocycles. The maximum atomic E-state index is 5.78. The van der Waals surface area contributed by atoms with E-state index in [9.17, 15) is 0 Å². The van der Waals surface area contributed by atoms with Crippen molar-refractivity contribution in [2.45, 2.75) is 56.7 Å². The Hall–Kier alpha value is -0.120. The Morgan fingerprint density at radius 2 is 1.82 bits per heavy atom. The lowest BCUT2D eigenvalue weighted by atomic mass is 9.97. The van der Waals surface area contributed by atoms with Crippen LogP contribution in [0.2, 0.25) is 0 Å². The summed E-state index contributed by atoms with van der Waals surface area (Å²) in [6.45, 7) is 3.13. The number of ether oxygens (including phenoxy) is 1. The van der Waals surface area contributed by atoms with Gasteiger partial charge >= 0.3 is 0 Å². The second-order valence-electron chi connectivity index (χ2n) is 6.10. The van der Waals surface area contributed by atoms with Gasteiger partial charge in [-0.15, -0.1) is 0 Å². The van der Waals surface area contributed by atoms with E-state index in [0.717, 1.165) is 37.3 Å². The van der Waals surface area contributed by atoms with Gasteiger partial charge in [-0.05, 0) is 51.5 Å². The monoisotopic (exact) mass is 238 g/mol. The van der Waals surface area contributed by atoms with Gasteiger partial charge in [0, 0.05) is 31.3 Å². The summed E-state index contributed by atoms with van der Waals surface area (Å²) in [6.07, 6.45) is 8.31. The highest BCUT2D eigenvalue weighted by atomic mass is 16.5. The van der Waals surface area contributed by atoms with E-state index in [0.29, 0.717) is 0 Å². The third-order valence-corrected chi connectivity index (χ3v) is 4.84. The van der Waals surface area contributed by atoms with Gasteiger partial charge < -0.3 is 10.1 Å². The van der Waals surface area contributed by atoms with Crippen LogP contribution in [0.3, 0.4) is 0 Å². The van der Waals surface area contributed by atoms with Crippen molar-refractivity contribution in [3.8, 4) is 0 Å². The first-order valence-corrected chi connectivity index (χ1v) is 7.37. The van der Waals surface area contributed by atoms with Crippen molar-refractivity contribution < 1.29 is 4.74 Å². The molecule has 2 bridgehead atoms. The normalized spacial score (nSPS) is 37.6. The zero-order valence-corrected chi connectivity index (χ0v) is 11.0. The van der Waals surface area contributed by atoms with Crippen LogP contribution in [-0.4, -0.2) is 49.8 Å². The van der Waals surface area contributed by atoms with Crippen molar-refractivity contribution in [2.24, 2.45) is 5.92 Å². The van der Waals surface area contributed by atoms with E-state index in [-0.39, 0.29) is 0 Å². The van der Waals surface area contributed by atoms with Crippen LogP contribution in [0.5, 0.6) is 0 Å². The smallest absolute Gasteiger partial charge is 0.0593 e. The number of rotatable bonds is 6. The highest BCUT2D eigenvalue weighted by Gasteiger charge is 2.39. The summed E-state index contributed by atoms with van der Waals surface area (Å²) in [4.78, 5) is 2.72. The van der Waals surface area contributed by atoms with Crippen LogP contribution in [-0.2, 0) is 4.74 Å². The zero-order chi connectivity index (χ0) is 11.7. The highest BCUT2D eigenvalue weighted by molar-refractivity contribution is 4.97. The van der Waals surface area contributed by atoms with Crippen LogP contribution < -0.4 is 5.32 Å². The molecule has 2 unspecified atom stereocenters. The summed E-state index contributed by atoms with van der Waals surface area (Å²) in [5.41, 5.74) is 0. The lowest BCUT2D eigenvalue weighted by Crippen LogP contribution is -2.49. The maximum absolute atomic E-state index is 5.78. The van der Waals surface area contributed by atoms with Crippen LogP contribution in [0, 0.1) is 5.92 Å². The molecule has 3 aliphatic rings. The maximum Gasteiger partial charge on any atom is 0.0593 e. The number of fused-ring (bicyclic) bond motifs is 2. The number of piperidine rings is 1. The first kappa shape index (κ1) is 11.9. The molecule has 98 valence electrons. The van der Waals surface area contributed by atoms with E-state index >= 15 is 0 Å². The van der Waals surface area contributed by atoms with Gasteiger partial charge in [-0.25, -0.2) is 0 Å². The molecule has 1 saturated carbocycles. The second kappa shape index (κ2) is 5.25. The minimum atomic E-state index is 0.760. The summed E-state index contributed by atoms with van der Waals surface area (Å²) in [5.74, 6) is 0.904.